The van der Waals surface area contributed by atoms with Crippen LogP contribution in [0.15, 0.2) is 30.6 Å². The largest absolute Gasteiger partial charge is 0.465 e. The van der Waals surface area contributed by atoms with Gasteiger partial charge < -0.3 is 10.0 Å². The van der Waals surface area contributed by atoms with E-state index in [1.54, 1.807) is 11.1 Å². The highest BCUT2D eigenvalue weighted by Crippen LogP contribution is 2.44. The van der Waals surface area contributed by atoms with Crippen LogP contribution in [0.25, 0.3) is 5.52 Å². The summed E-state index contributed by atoms with van der Waals surface area (Å²) in [6, 6.07) is 6.32. The zero-order valence-electron chi connectivity index (χ0n) is 15.0. The van der Waals surface area contributed by atoms with Crippen LogP contribution in [0.1, 0.15) is 46.1 Å². The molecule has 2 atom stereocenters. The van der Waals surface area contributed by atoms with Crippen LogP contribution in [0.5, 0.6) is 0 Å². The first-order valence-corrected chi connectivity index (χ1v) is 8.63. The molecule has 0 aliphatic carbocycles. The number of hydrogen-bond donors (Lipinski definition) is 1. The van der Waals surface area contributed by atoms with Crippen molar-refractivity contribution in [2.24, 2.45) is 11.3 Å². The average Bonchev–Trinajstić information content (AvgIpc) is 2.93. The topological polar surface area (TPSA) is 57.8 Å². The van der Waals surface area contributed by atoms with Crippen LogP contribution in [-0.2, 0) is 6.42 Å². The number of carboxylic acid groups (broad SMARTS) is 1. The number of carbonyl (C=O) groups is 1. The lowest BCUT2D eigenvalue weighted by Crippen LogP contribution is -2.61. The number of likely N-dealkylation sites (tertiary alicyclic amines) is 1. The quantitative estimate of drug-likeness (QED) is 0.903. The summed E-state index contributed by atoms with van der Waals surface area (Å²) in [7, 11) is 0. The normalized spacial score (nSPS) is 25.2. The molecule has 1 N–H and O–H groups in total. The molecular weight excluding hydrogens is 302 g/mol. The summed E-state index contributed by atoms with van der Waals surface area (Å²) in [5.74, 6) is 0.496. The summed E-state index contributed by atoms with van der Waals surface area (Å²) in [4.78, 5) is 13.4. The maximum absolute atomic E-state index is 11.7. The lowest BCUT2D eigenvalue weighted by molar-refractivity contribution is -0.0298. The molecule has 1 amide bonds. The van der Waals surface area contributed by atoms with Gasteiger partial charge in [-0.1, -0.05) is 20.8 Å². The van der Waals surface area contributed by atoms with Gasteiger partial charge in [0.05, 0.1) is 5.52 Å². The van der Waals surface area contributed by atoms with Gasteiger partial charge in [0, 0.05) is 24.5 Å². The summed E-state index contributed by atoms with van der Waals surface area (Å²) in [5.41, 5.74) is 1.96. The van der Waals surface area contributed by atoms with Crippen molar-refractivity contribution < 1.29 is 9.90 Å². The summed E-state index contributed by atoms with van der Waals surface area (Å²) >= 11 is 0. The smallest absolute Gasteiger partial charge is 0.407 e. The Bertz CT molecular complexity index is 746. The van der Waals surface area contributed by atoms with Crippen molar-refractivity contribution in [3.8, 4) is 0 Å². The number of fused-ring (bicyclic) bond motifs is 1. The maximum atomic E-state index is 11.7. The second kappa shape index (κ2) is 5.80. The predicted octanol–water partition coefficient (Wildman–Crippen LogP) is 4.07. The molecule has 1 fully saturated rings. The number of pyridine rings is 1. The van der Waals surface area contributed by atoms with E-state index >= 15 is 0 Å². The highest BCUT2D eigenvalue weighted by molar-refractivity contribution is 5.66. The molecule has 3 rings (SSSR count). The van der Waals surface area contributed by atoms with E-state index in [1.807, 2.05) is 16.8 Å². The Hall–Kier alpha value is -2.04. The molecule has 2 aromatic heterocycles. The molecule has 1 saturated heterocycles. The van der Waals surface area contributed by atoms with E-state index in [1.165, 1.54) is 5.56 Å². The number of hydrogen-bond acceptors (Lipinski definition) is 2. The fraction of sp³-hybridized carbons (Fsp3) is 0.579. The van der Waals surface area contributed by atoms with Gasteiger partial charge in [0.1, 0.15) is 0 Å². The maximum Gasteiger partial charge on any atom is 0.407 e. The summed E-state index contributed by atoms with van der Waals surface area (Å²) in [6.07, 6.45) is 5.81. The van der Waals surface area contributed by atoms with Gasteiger partial charge in [-0.2, -0.15) is 5.10 Å². The Balaban J connectivity index is 1.81. The Morgan fingerprint density at radius 1 is 1.42 bits per heavy atom. The van der Waals surface area contributed by atoms with Crippen molar-refractivity contribution in [3.05, 3.63) is 36.2 Å². The van der Waals surface area contributed by atoms with Crippen molar-refractivity contribution in [2.75, 3.05) is 6.54 Å². The summed E-state index contributed by atoms with van der Waals surface area (Å²) in [5, 5.41) is 13.9. The van der Waals surface area contributed by atoms with Gasteiger partial charge in [-0.3, -0.25) is 0 Å². The van der Waals surface area contributed by atoms with E-state index in [0.717, 1.165) is 24.8 Å². The Labute approximate surface area is 143 Å². The molecule has 0 spiro atoms. The van der Waals surface area contributed by atoms with Crippen molar-refractivity contribution >= 4 is 11.6 Å². The van der Waals surface area contributed by atoms with Crippen LogP contribution in [-0.4, -0.2) is 37.8 Å². The van der Waals surface area contributed by atoms with Gasteiger partial charge >= 0.3 is 6.09 Å². The molecule has 1 aliphatic rings. The molecule has 3 heterocycles. The van der Waals surface area contributed by atoms with Gasteiger partial charge in [0.15, 0.2) is 0 Å². The van der Waals surface area contributed by atoms with Crippen LogP contribution >= 0.6 is 0 Å². The van der Waals surface area contributed by atoms with Crippen molar-refractivity contribution in [1.29, 1.82) is 0 Å². The van der Waals surface area contributed by atoms with E-state index in [2.05, 4.69) is 44.9 Å². The van der Waals surface area contributed by atoms with Gasteiger partial charge in [-0.15, -0.1) is 0 Å². The van der Waals surface area contributed by atoms with Crippen LogP contribution in [0, 0.1) is 11.3 Å². The Morgan fingerprint density at radius 2 is 2.17 bits per heavy atom. The minimum atomic E-state index is -0.799. The standard InChI is InChI=1S/C19H27N3O2/c1-18(2,3)19(4)13-15(6-9-21(19)17(23)24)11-14-7-10-22-16(12-14)5-8-20-22/h5,7-8,10,12,15H,6,9,11,13H2,1-4H3,(H,23,24)/t15-,19-/m0/s1. The molecule has 2 aromatic rings. The fourth-order valence-electron chi connectivity index (χ4n) is 3.95. The highest BCUT2D eigenvalue weighted by atomic mass is 16.4. The number of rotatable bonds is 2. The number of amides is 1. The van der Waals surface area contributed by atoms with E-state index in [9.17, 15) is 9.90 Å². The van der Waals surface area contributed by atoms with Gasteiger partial charge in [0.2, 0.25) is 0 Å². The summed E-state index contributed by atoms with van der Waals surface area (Å²) in [6.45, 7) is 9.15. The molecule has 0 radical (unpaired) electrons. The molecular formula is C19H27N3O2. The van der Waals surface area contributed by atoms with E-state index in [0.29, 0.717) is 12.5 Å². The van der Waals surface area contributed by atoms with Crippen LogP contribution in [0.4, 0.5) is 4.79 Å². The molecule has 130 valence electrons. The van der Waals surface area contributed by atoms with Gasteiger partial charge in [0.25, 0.3) is 0 Å². The molecule has 1 aliphatic heterocycles. The monoisotopic (exact) mass is 329 g/mol. The molecule has 0 bridgehead atoms. The SMILES string of the molecule is CC(C)(C)[C@]1(C)C[C@H](Cc2ccn3nccc3c2)CCN1C(=O)O. The van der Waals surface area contributed by atoms with Crippen LogP contribution in [0.3, 0.4) is 0 Å². The van der Waals surface area contributed by atoms with E-state index in [-0.39, 0.29) is 11.0 Å². The van der Waals surface area contributed by atoms with Gasteiger partial charge in [-0.25, -0.2) is 9.31 Å². The lowest BCUT2D eigenvalue weighted by Gasteiger charge is -2.53. The zero-order valence-corrected chi connectivity index (χ0v) is 15.0. The number of nitrogens with zero attached hydrogens (tertiary/aromatic N) is 3. The first-order chi connectivity index (χ1) is 11.2. The number of piperidine rings is 1. The molecule has 0 aromatic carbocycles. The third kappa shape index (κ3) is 2.87. The minimum Gasteiger partial charge on any atom is -0.465 e. The van der Waals surface area contributed by atoms with Gasteiger partial charge in [-0.05, 0) is 61.3 Å². The van der Waals surface area contributed by atoms with Crippen molar-refractivity contribution in [1.82, 2.24) is 14.5 Å². The second-order valence-electron chi connectivity index (χ2n) is 8.26. The van der Waals surface area contributed by atoms with E-state index < -0.39 is 6.09 Å². The molecule has 0 unspecified atom stereocenters. The molecule has 5 heteroatoms. The van der Waals surface area contributed by atoms with Crippen LogP contribution in [0.2, 0.25) is 0 Å². The van der Waals surface area contributed by atoms with E-state index in [4.69, 9.17) is 0 Å². The highest BCUT2D eigenvalue weighted by Gasteiger charge is 2.48. The third-order valence-corrected chi connectivity index (χ3v) is 5.88. The summed E-state index contributed by atoms with van der Waals surface area (Å²) < 4.78 is 1.87. The first kappa shape index (κ1) is 16.8. The average molecular weight is 329 g/mol. The number of aromatic nitrogens is 2. The molecule has 5 nitrogen and oxygen atoms in total. The Kier molecular flexibility index (Phi) is 4.06. The van der Waals surface area contributed by atoms with Crippen molar-refractivity contribution in [3.63, 3.8) is 0 Å². The first-order valence-electron chi connectivity index (χ1n) is 8.63. The molecule has 24 heavy (non-hydrogen) atoms. The third-order valence-electron chi connectivity index (χ3n) is 5.88. The zero-order chi connectivity index (χ0) is 17.5. The predicted molar refractivity (Wildman–Crippen MR) is 94.2 cm³/mol. The van der Waals surface area contributed by atoms with Crippen LogP contribution < -0.4 is 0 Å². The van der Waals surface area contributed by atoms with Crippen molar-refractivity contribution in [2.45, 2.75) is 52.5 Å². The lowest BCUT2D eigenvalue weighted by atomic mass is 9.66. The fourth-order valence-corrected chi connectivity index (χ4v) is 3.95. The Morgan fingerprint density at radius 3 is 2.83 bits per heavy atom. The second-order valence-corrected chi connectivity index (χ2v) is 8.26. The molecule has 0 saturated carbocycles. The minimum absolute atomic E-state index is 0.0978.